The number of rotatable bonds is 12. The summed E-state index contributed by atoms with van der Waals surface area (Å²) < 4.78 is 26.4. The minimum atomic E-state index is -3.13. The molecule has 2 N–H and O–H groups in total. The van der Waals surface area contributed by atoms with Crippen molar-refractivity contribution in [1.82, 2.24) is 19.8 Å². The normalized spacial score (nSPS) is 21.4. The van der Waals surface area contributed by atoms with Crippen LogP contribution >= 0.6 is 0 Å². The van der Waals surface area contributed by atoms with Crippen molar-refractivity contribution < 1.29 is 33.3 Å². The fraction of sp³-hybridized carbons (Fsp3) is 0.513. The molecule has 0 saturated carbocycles. The second kappa shape index (κ2) is 16.3. The van der Waals surface area contributed by atoms with E-state index in [0.29, 0.717) is 0 Å². The minimum Gasteiger partial charge on any atom is -0.455 e. The highest BCUT2D eigenvalue weighted by Gasteiger charge is 2.58. The molecule has 2 heterocycles. The van der Waals surface area contributed by atoms with Gasteiger partial charge in [-0.1, -0.05) is 95.3 Å². The van der Waals surface area contributed by atoms with Crippen LogP contribution < -0.4 is 21.4 Å². The molecular formula is C39H55N5O8Si. The Hall–Kier alpha value is -4.37. The van der Waals surface area contributed by atoms with Crippen molar-refractivity contribution in [2.24, 2.45) is 10.9 Å². The van der Waals surface area contributed by atoms with E-state index in [9.17, 15) is 19.5 Å². The summed E-state index contributed by atoms with van der Waals surface area (Å²) in [6, 6.07) is 20.4. The van der Waals surface area contributed by atoms with E-state index in [1.54, 1.807) is 53.6 Å². The van der Waals surface area contributed by atoms with E-state index >= 15 is 0 Å². The highest BCUT2D eigenvalue weighted by atomic mass is 28.4. The zero-order chi connectivity index (χ0) is 39.4. The van der Waals surface area contributed by atoms with E-state index in [0.717, 1.165) is 14.9 Å². The van der Waals surface area contributed by atoms with Crippen LogP contribution in [-0.2, 0) is 23.4 Å². The van der Waals surface area contributed by atoms with Crippen LogP contribution in [0, 0.1) is 5.92 Å². The van der Waals surface area contributed by atoms with Crippen molar-refractivity contribution in [2.75, 3.05) is 20.7 Å². The third kappa shape index (κ3) is 9.60. The van der Waals surface area contributed by atoms with Gasteiger partial charge in [-0.3, -0.25) is 4.57 Å². The van der Waals surface area contributed by atoms with E-state index in [4.69, 9.17) is 18.6 Å². The Morgan fingerprint density at radius 2 is 1.60 bits per heavy atom. The summed E-state index contributed by atoms with van der Waals surface area (Å²) in [6.45, 7) is 16.4. The van der Waals surface area contributed by atoms with Gasteiger partial charge in [-0.25, -0.2) is 19.4 Å². The smallest absolute Gasteiger partial charge is 0.408 e. The number of alkyl carbamates (subject to hydrolysis) is 1. The second-order valence-electron chi connectivity index (χ2n) is 16.1. The van der Waals surface area contributed by atoms with Crippen LogP contribution in [0.15, 0.2) is 82.7 Å². The number of carbonyl (C=O) groups is 2. The van der Waals surface area contributed by atoms with Crippen LogP contribution in [0.2, 0.25) is 5.04 Å². The number of hydrogen-bond acceptors (Lipinski definition) is 10. The molecule has 1 saturated heterocycles. The summed E-state index contributed by atoms with van der Waals surface area (Å²) in [4.78, 5) is 50.2. The van der Waals surface area contributed by atoms with Crippen molar-refractivity contribution in [3.63, 3.8) is 0 Å². The summed E-state index contributed by atoms with van der Waals surface area (Å²) in [5.41, 5.74) is -3.50. The first kappa shape index (κ1) is 41.4. The lowest BCUT2D eigenvalue weighted by molar-refractivity contribution is -0.167. The molecule has 1 amide bonds. The third-order valence-corrected chi connectivity index (χ3v) is 13.9. The first-order valence-electron chi connectivity index (χ1n) is 17.8. The molecule has 2 aromatic carbocycles. The van der Waals surface area contributed by atoms with Gasteiger partial charge >= 0.3 is 17.8 Å². The zero-order valence-corrected chi connectivity index (χ0v) is 33.7. The lowest BCUT2D eigenvalue weighted by Gasteiger charge is -2.43. The number of hydrogen-bond donors (Lipinski definition) is 2. The molecule has 1 aliphatic rings. The van der Waals surface area contributed by atoms with E-state index in [-0.39, 0.29) is 12.4 Å². The summed E-state index contributed by atoms with van der Waals surface area (Å²) in [5, 5.41) is 16.5. The van der Waals surface area contributed by atoms with Gasteiger partial charge in [0.1, 0.15) is 23.3 Å². The van der Waals surface area contributed by atoms with Crippen molar-refractivity contribution in [2.45, 2.75) is 103 Å². The molecule has 0 aliphatic carbocycles. The Bertz CT molecular complexity index is 1750. The number of aromatic nitrogens is 2. The van der Waals surface area contributed by atoms with Gasteiger partial charge < -0.3 is 34.0 Å². The van der Waals surface area contributed by atoms with E-state index in [2.05, 4.69) is 60.3 Å². The molecule has 1 fully saturated rings. The van der Waals surface area contributed by atoms with Gasteiger partial charge in [0.25, 0.3) is 8.32 Å². The summed E-state index contributed by atoms with van der Waals surface area (Å²) >= 11 is 0. The standard InChI is InChI=1S/C39H55N5O8Si/c1-26(2)31(42-36(47)52-37(3,4)5)33(45)51-32-29(50-34(39(32,9)48)44-23-22-30(41-35(44)46)40-25-43(10)11)24-49-53(38(6,7)8,27-18-14-12-15-19-27)28-20-16-13-17-21-28/h12-23,25-26,29,31-32,34,48H,24H2,1-11H3,(H,42,47)/t29-,31+,32-,34-,39-/m1/s1. The Morgan fingerprint density at radius 3 is 2.08 bits per heavy atom. The summed E-state index contributed by atoms with van der Waals surface area (Å²) in [6.07, 6.45) is -1.59. The number of aliphatic hydroxyl groups is 1. The van der Waals surface area contributed by atoms with Gasteiger partial charge in [0, 0.05) is 20.3 Å². The average Bonchev–Trinajstić information content (AvgIpc) is 3.30. The molecule has 3 aromatic rings. The Kier molecular flexibility index (Phi) is 12.8. The molecule has 53 heavy (non-hydrogen) atoms. The van der Waals surface area contributed by atoms with Crippen molar-refractivity contribution in [3.8, 4) is 0 Å². The molecule has 0 unspecified atom stereocenters. The highest BCUT2D eigenvalue weighted by molar-refractivity contribution is 6.99. The van der Waals surface area contributed by atoms with Gasteiger partial charge in [0.15, 0.2) is 18.1 Å². The maximum Gasteiger partial charge on any atom is 0.408 e. The van der Waals surface area contributed by atoms with E-state index < -0.39 is 72.7 Å². The molecule has 0 radical (unpaired) electrons. The topological polar surface area (TPSA) is 154 Å². The lowest BCUT2D eigenvalue weighted by Crippen LogP contribution is -2.67. The van der Waals surface area contributed by atoms with Crippen LogP contribution in [0.1, 0.15) is 68.5 Å². The quantitative estimate of drug-likeness (QED) is 0.120. The van der Waals surface area contributed by atoms with Gasteiger partial charge in [-0.05, 0) is 55.1 Å². The Labute approximate surface area is 313 Å². The Morgan fingerprint density at radius 1 is 1.04 bits per heavy atom. The van der Waals surface area contributed by atoms with E-state index in [1.807, 2.05) is 36.4 Å². The average molecular weight is 750 g/mol. The molecule has 1 aliphatic heterocycles. The van der Waals surface area contributed by atoms with Crippen molar-refractivity contribution in [3.05, 3.63) is 83.4 Å². The van der Waals surface area contributed by atoms with Crippen molar-refractivity contribution >= 4 is 42.9 Å². The molecule has 14 heteroatoms. The number of amides is 1. The molecule has 4 rings (SSSR count). The van der Waals surface area contributed by atoms with Crippen LogP contribution in [0.3, 0.4) is 0 Å². The maximum atomic E-state index is 14.0. The molecule has 0 bridgehead atoms. The molecular weight excluding hydrogens is 695 g/mol. The number of nitrogens with zero attached hydrogens (tertiary/aromatic N) is 4. The number of nitrogens with one attached hydrogen (secondary N) is 1. The van der Waals surface area contributed by atoms with Gasteiger partial charge in [-0.15, -0.1) is 0 Å². The first-order valence-corrected chi connectivity index (χ1v) is 19.7. The lowest BCUT2D eigenvalue weighted by atomic mass is 9.95. The van der Waals surface area contributed by atoms with Gasteiger partial charge in [0.05, 0.1) is 12.9 Å². The molecule has 5 atom stereocenters. The molecule has 0 spiro atoms. The molecule has 1 aromatic heterocycles. The SMILES string of the molecule is CC(C)[C@H](NC(=O)OC(C)(C)C)C(=O)O[C@@H]1[C@@H](CO[Si](c2ccccc2)(c2ccccc2)C(C)(C)C)O[C@@H](n2ccc(N=CN(C)C)nc2=O)[C@]1(C)O. The first-order chi connectivity index (χ1) is 24.7. The third-order valence-electron chi connectivity index (χ3n) is 8.92. The second-order valence-corrected chi connectivity index (χ2v) is 20.4. The summed E-state index contributed by atoms with van der Waals surface area (Å²) in [7, 11) is 0.447. The number of ether oxygens (including phenoxy) is 3. The zero-order valence-electron chi connectivity index (χ0n) is 32.7. The number of aliphatic imine (C=N–C) groups is 1. The number of benzene rings is 2. The predicted molar refractivity (Wildman–Crippen MR) is 206 cm³/mol. The van der Waals surface area contributed by atoms with Crippen LogP contribution in [0.25, 0.3) is 0 Å². The van der Waals surface area contributed by atoms with Gasteiger partial charge in [-0.2, -0.15) is 4.98 Å². The summed E-state index contributed by atoms with van der Waals surface area (Å²) in [5.74, 6) is -1.05. The van der Waals surface area contributed by atoms with E-state index in [1.165, 1.54) is 25.5 Å². The maximum absolute atomic E-state index is 14.0. The van der Waals surface area contributed by atoms with Gasteiger partial charge in [0.2, 0.25) is 0 Å². The fourth-order valence-corrected chi connectivity index (χ4v) is 11.1. The monoisotopic (exact) mass is 749 g/mol. The van der Waals surface area contributed by atoms with Crippen LogP contribution in [0.5, 0.6) is 0 Å². The molecule has 13 nitrogen and oxygen atoms in total. The number of carbonyl (C=O) groups excluding carboxylic acids is 2. The fourth-order valence-electron chi connectivity index (χ4n) is 6.49. The van der Waals surface area contributed by atoms with Crippen LogP contribution in [-0.4, -0.2) is 96.4 Å². The van der Waals surface area contributed by atoms with Crippen molar-refractivity contribution in [1.29, 1.82) is 0 Å². The highest BCUT2D eigenvalue weighted by Crippen LogP contribution is 2.42. The Balaban J connectivity index is 1.78. The minimum absolute atomic E-state index is 0.114. The largest absolute Gasteiger partial charge is 0.455 e. The number of esters is 1. The predicted octanol–water partition coefficient (Wildman–Crippen LogP) is 4.15. The van der Waals surface area contributed by atoms with Crippen LogP contribution in [0.4, 0.5) is 10.6 Å². The molecule has 288 valence electrons.